The van der Waals surface area contributed by atoms with E-state index in [1.54, 1.807) is 49.6 Å². The largest absolute Gasteiger partial charge is 0.497 e. The molecule has 0 radical (unpaired) electrons. The molecule has 0 saturated carbocycles. The Kier molecular flexibility index (Phi) is 6.11. The number of carbonyl (C=O) groups excluding carboxylic acids is 1. The molecule has 5 nitrogen and oxygen atoms in total. The summed E-state index contributed by atoms with van der Waals surface area (Å²) in [6.07, 6.45) is -3.05. The third-order valence-corrected chi connectivity index (χ3v) is 5.15. The number of carbonyl (C=O) groups is 1. The van der Waals surface area contributed by atoms with Crippen LogP contribution in [0.1, 0.15) is 15.9 Å². The van der Waals surface area contributed by atoms with E-state index in [2.05, 4.69) is 10.3 Å². The third kappa shape index (κ3) is 4.85. The number of methoxy groups -OCH3 is 1. The predicted molar refractivity (Wildman–Crippen MR) is 118 cm³/mol. The zero-order chi connectivity index (χ0) is 23.6. The van der Waals surface area contributed by atoms with E-state index in [0.717, 1.165) is 23.8 Å². The molecule has 4 aromatic rings. The highest BCUT2D eigenvalue weighted by molar-refractivity contribution is 6.34. The van der Waals surface area contributed by atoms with Crippen LogP contribution in [0.5, 0.6) is 5.75 Å². The van der Waals surface area contributed by atoms with Crippen molar-refractivity contribution in [1.82, 2.24) is 4.98 Å². The number of oxazole rings is 1. The zero-order valence-electron chi connectivity index (χ0n) is 17.1. The summed E-state index contributed by atoms with van der Waals surface area (Å²) in [6.45, 7) is 0. The fraction of sp³-hybridized carbons (Fsp3) is 0.0833. The lowest BCUT2D eigenvalue weighted by atomic mass is 10.1. The average Bonchev–Trinajstić information content (AvgIpc) is 3.30. The average molecular weight is 473 g/mol. The molecule has 0 unspecified atom stereocenters. The van der Waals surface area contributed by atoms with Crippen molar-refractivity contribution in [2.75, 3.05) is 12.4 Å². The topological polar surface area (TPSA) is 64.4 Å². The van der Waals surface area contributed by atoms with Crippen molar-refractivity contribution in [2.45, 2.75) is 6.18 Å². The minimum atomic E-state index is -4.57. The van der Waals surface area contributed by atoms with Crippen LogP contribution in [0.2, 0.25) is 5.02 Å². The van der Waals surface area contributed by atoms with E-state index in [9.17, 15) is 18.0 Å². The Bertz CT molecular complexity index is 1300. The molecule has 168 valence electrons. The van der Waals surface area contributed by atoms with Gasteiger partial charge < -0.3 is 14.5 Å². The molecule has 0 aliphatic carbocycles. The maximum atomic E-state index is 13.0. The van der Waals surface area contributed by atoms with Crippen molar-refractivity contribution in [3.63, 3.8) is 0 Å². The highest BCUT2D eigenvalue weighted by Gasteiger charge is 2.31. The van der Waals surface area contributed by atoms with E-state index in [1.807, 2.05) is 0 Å². The minimum Gasteiger partial charge on any atom is -0.497 e. The molecule has 33 heavy (non-hydrogen) atoms. The Balaban J connectivity index is 1.63. The van der Waals surface area contributed by atoms with Crippen molar-refractivity contribution in [1.29, 1.82) is 0 Å². The van der Waals surface area contributed by atoms with Gasteiger partial charge in [-0.3, -0.25) is 4.79 Å². The number of hydrogen-bond donors (Lipinski definition) is 1. The molecular formula is C24H16ClF3N2O3. The van der Waals surface area contributed by atoms with Gasteiger partial charge in [0.2, 0.25) is 5.89 Å². The Hall–Kier alpha value is -3.78. The number of amides is 1. The first-order valence-corrected chi connectivity index (χ1v) is 10.0. The molecule has 0 bridgehead atoms. The number of nitrogens with zero attached hydrogens (tertiary/aromatic N) is 1. The number of rotatable bonds is 5. The van der Waals surface area contributed by atoms with Gasteiger partial charge in [0.1, 0.15) is 5.75 Å². The lowest BCUT2D eigenvalue weighted by Gasteiger charge is -2.12. The Labute approximate surface area is 191 Å². The molecule has 4 rings (SSSR count). The summed E-state index contributed by atoms with van der Waals surface area (Å²) < 4.78 is 50.1. The van der Waals surface area contributed by atoms with E-state index in [0.29, 0.717) is 17.1 Å². The molecule has 0 fully saturated rings. The number of halogens is 4. The second-order valence-electron chi connectivity index (χ2n) is 6.95. The normalized spacial score (nSPS) is 11.3. The molecule has 1 amide bonds. The van der Waals surface area contributed by atoms with Crippen molar-refractivity contribution in [3.05, 3.63) is 89.1 Å². The first kappa shape index (κ1) is 22.4. The van der Waals surface area contributed by atoms with Gasteiger partial charge in [0.05, 0.1) is 35.1 Å². The maximum absolute atomic E-state index is 13.0. The summed E-state index contributed by atoms with van der Waals surface area (Å²) in [5.41, 5.74) is 0.212. The van der Waals surface area contributed by atoms with Crippen LogP contribution in [0.4, 0.5) is 18.9 Å². The van der Waals surface area contributed by atoms with Gasteiger partial charge in [0.25, 0.3) is 5.91 Å². The lowest BCUT2D eigenvalue weighted by Crippen LogP contribution is -2.14. The van der Waals surface area contributed by atoms with Crippen molar-refractivity contribution in [2.24, 2.45) is 0 Å². The number of ether oxygens (including phenoxy) is 1. The van der Waals surface area contributed by atoms with E-state index in [1.165, 1.54) is 12.3 Å². The fourth-order valence-corrected chi connectivity index (χ4v) is 3.31. The van der Waals surface area contributed by atoms with Gasteiger partial charge in [-0.25, -0.2) is 4.98 Å². The number of anilines is 1. The first-order chi connectivity index (χ1) is 15.8. The van der Waals surface area contributed by atoms with Crippen LogP contribution in [-0.4, -0.2) is 18.0 Å². The van der Waals surface area contributed by atoms with Crippen LogP contribution >= 0.6 is 11.6 Å². The van der Waals surface area contributed by atoms with Crippen LogP contribution in [-0.2, 0) is 6.18 Å². The highest BCUT2D eigenvalue weighted by Crippen LogP contribution is 2.35. The molecule has 1 heterocycles. The molecule has 3 aromatic carbocycles. The van der Waals surface area contributed by atoms with Gasteiger partial charge in [0.15, 0.2) is 5.76 Å². The van der Waals surface area contributed by atoms with Gasteiger partial charge in [-0.1, -0.05) is 23.7 Å². The first-order valence-electron chi connectivity index (χ1n) is 9.64. The Morgan fingerprint density at radius 1 is 1.06 bits per heavy atom. The second kappa shape index (κ2) is 8.99. The van der Waals surface area contributed by atoms with Crippen molar-refractivity contribution < 1.29 is 27.1 Å². The van der Waals surface area contributed by atoms with E-state index in [-0.39, 0.29) is 22.2 Å². The molecule has 9 heteroatoms. The Morgan fingerprint density at radius 3 is 2.48 bits per heavy atom. The van der Waals surface area contributed by atoms with Crippen LogP contribution in [0.15, 0.2) is 77.3 Å². The summed E-state index contributed by atoms with van der Waals surface area (Å²) in [5, 5.41) is 2.42. The molecule has 1 aromatic heterocycles. The van der Waals surface area contributed by atoms with Gasteiger partial charge in [-0.05, 0) is 54.6 Å². The molecule has 0 saturated heterocycles. The zero-order valence-corrected chi connectivity index (χ0v) is 17.9. The maximum Gasteiger partial charge on any atom is 0.416 e. The summed E-state index contributed by atoms with van der Waals surface area (Å²) in [5.74, 6) is 0.690. The highest BCUT2D eigenvalue weighted by atomic mass is 35.5. The second-order valence-corrected chi connectivity index (χ2v) is 7.36. The van der Waals surface area contributed by atoms with Crippen LogP contribution in [0.25, 0.3) is 22.8 Å². The quantitative estimate of drug-likeness (QED) is 0.341. The fourth-order valence-electron chi connectivity index (χ4n) is 3.14. The molecule has 0 aliphatic heterocycles. The summed E-state index contributed by atoms with van der Waals surface area (Å²) in [6, 6.07) is 16.3. The van der Waals surface area contributed by atoms with E-state index in [4.69, 9.17) is 20.8 Å². The smallest absolute Gasteiger partial charge is 0.416 e. The van der Waals surface area contributed by atoms with Gasteiger partial charge in [0, 0.05) is 11.1 Å². The molecule has 0 spiro atoms. The number of alkyl halides is 3. The summed E-state index contributed by atoms with van der Waals surface area (Å²) in [7, 11) is 1.57. The monoisotopic (exact) mass is 472 g/mol. The van der Waals surface area contributed by atoms with Crippen LogP contribution in [0, 0.1) is 0 Å². The predicted octanol–water partition coefficient (Wildman–Crippen LogP) is 6.94. The number of nitrogens with one attached hydrogen (secondary N) is 1. The van der Waals surface area contributed by atoms with Gasteiger partial charge in [-0.15, -0.1) is 0 Å². The van der Waals surface area contributed by atoms with Crippen molar-refractivity contribution in [3.8, 4) is 28.5 Å². The molecule has 1 N–H and O–H groups in total. The van der Waals surface area contributed by atoms with Gasteiger partial charge in [-0.2, -0.15) is 13.2 Å². The SMILES string of the molecule is COc1ccc(-c2cnc(-c3ccccc3C(=O)Nc3cc(C(F)(F)F)ccc3Cl)o2)cc1. The summed E-state index contributed by atoms with van der Waals surface area (Å²) >= 11 is 6.01. The Morgan fingerprint density at radius 2 is 1.79 bits per heavy atom. The number of hydrogen-bond acceptors (Lipinski definition) is 4. The third-order valence-electron chi connectivity index (χ3n) is 4.82. The van der Waals surface area contributed by atoms with E-state index < -0.39 is 17.6 Å². The van der Waals surface area contributed by atoms with Gasteiger partial charge >= 0.3 is 6.18 Å². The minimum absolute atomic E-state index is 0.0215. The van der Waals surface area contributed by atoms with Crippen LogP contribution < -0.4 is 10.1 Å². The lowest BCUT2D eigenvalue weighted by molar-refractivity contribution is -0.137. The molecule has 0 aliphatic rings. The standard InChI is InChI=1S/C24H16ClF3N2O3/c1-32-16-9-6-14(7-10-16)21-13-29-23(33-21)18-5-3-2-4-17(18)22(31)30-20-12-15(24(26,27)28)8-11-19(20)25/h2-13H,1H3,(H,30,31). The molecular weight excluding hydrogens is 457 g/mol. The van der Waals surface area contributed by atoms with Crippen molar-refractivity contribution >= 4 is 23.2 Å². The van der Waals surface area contributed by atoms with E-state index >= 15 is 0 Å². The molecule has 0 atom stereocenters. The summed E-state index contributed by atoms with van der Waals surface area (Å²) in [4.78, 5) is 17.2. The number of benzene rings is 3. The number of aromatic nitrogens is 1. The van der Waals surface area contributed by atoms with Crippen LogP contribution in [0.3, 0.4) is 0 Å².